The predicted octanol–water partition coefficient (Wildman–Crippen LogP) is 2.50. The fourth-order valence-corrected chi connectivity index (χ4v) is 3.12. The lowest BCUT2D eigenvalue weighted by Crippen LogP contribution is -2.33. The highest BCUT2D eigenvalue weighted by Crippen LogP contribution is 2.28. The van der Waals surface area contributed by atoms with Crippen LogP contribution in [0.4, 0.5) is 23.0 Å². The summed E-state index contributed by atoms with van der Waals surface area (Å²) >= 11 is 3.24. The number of rotatable bonds is 9. The van der Waals surface area contributed by atoms with Gasteiger partial charge in [-0.3, -0.25) is 51.5 Å². The molecule has 0 spiro atoms. The molecule has 0 atom stereocenters. The van der Waals surface area contributed by atoms with Crippen LogP contribution in [0, 0.1) is 20.2 Å². The molecule has 0 saturated heterocycles. The molecule has 2 amide bonds. The minimum atomic E-state index is -0.794. The molecular weight excluding hydrogens is 516 g/mol. The van der Waals surface area contributed by atoms with Gasteiger partial charge in [0, 0.05) is 16.6 Å². The molecule has 0 bridgehead atoms. The van der Waals surface area contributed by atoms with E-state index in [0.717, 1.165) is 6.33 Å². The number of carbonyl (C=O) groups is 2. The Bertz CT molecular complexity index is 1250. The summed E-state index contributed by atoms with van der Waals surface area (Å²) in [5.74, 6) is -1.83. The number of nitro benzene ring substituents is 1. The third kappa shape index (κ3) is 5.98. The number of non-ortho nitro benzene ring substituents is 1. The van der Waals surface area contributed by atoms with E-state index in [0.29, 0.717) is 10.0 Å². The highest BCUT2D eigenvalue weighted by Gasteiger charge is 2.24. The second-order valence-corrected chi connectivity index (χ2v) is 7.36. The zero-order valence-electron chi connectivity index (χ0n) is 17.0. The number of hydrogen-bond donors (Lipinski definition) is 4. The first kappa shape index (κ1) is 24.0. The average Bonchev–Trinajstić information content (AvgIpc) is 2.81. The Hall–Kier alpha value is -4.66. The van der Waals surface area contributed by atoms with Gasteiger partial charge in [-0.1, -0.05) is 24.3 Å². The maximum atomic E-state index is 12.3. The largest absolute Gasteiger partial charge is 0.356 e. The van der Waals surface area contributed by atoms with E-state index in [1.54, 1.807) is 24.3 Å². The van der Waals surface area contributed by atoms with Crippen LogP contribution in [-0.4, -0.2) is 31.6 Å². The molecular formula is C19H15BrN8O6. The van der Waals surface area contributed by atoms with Crippen molar-refractivity contribution in [3.63, 3.8) is 0 Å². The molecule has 3 rings (SSSR count). The SMILES string of the molecule is O=C(Cc1ccc([N+](=O)[O-])cc1)NNc1ncnc(NNC(=O)c2ccccc2Br)c1[N+](=O)[O-]. The van der Waals surface area contributed by atoms with Gasteiger partial charge in [-0.05, 0) is 33.6 Å². The number of hydrogen-bond acceptors (Lipinski definition) is 10. The fraction of sp³-hybridized carbons (Fsp3) is 0.0526. The van der Waals surface area contributed by atoms with Gasteiger partial charge in [0.1, 0.15) is 6.33 Å². The monoisotopic (exact) mass is 530 g/mol. The maximum Gasteiger partial charge on any atom is 0.356 e. The normalized spacial score (nSPS) is 10.1. The van der Waals surface area contributed by atoms with Crippen molar-refractivity contribution in [2.75, 3.05) is 10.9 Å². The lowest BCUT2D eigenvalue weighted by atomic mass is 10.1. The van der Waals surface area contributed by atoms with Crippen molar-refractivity contribution in [3.8, 4) is 0 Å². The predicted molar refractivity (Wildman–Crippen MR) is 122 cm³/mol. The molecule has 174 valence electrons. The van der Waals surface area contributed by atoms with Gasteiger partial charge in [0.15, 0.2) is 0 Å². The number of nitrogens with one attached hydrogen (secondary N) is 4. The molecule has 14 nitrogen and oxygen atoms in total. The highest BCUT2D eigenvalue weighted by atomic mass is 79.9. The van der Waals surface area contributed by atoms with E-state index >= 15 is 0 Å². The highest BCUT2D eigenvalue weighted by molar-refractivity contribution is 9.10. The van der Waals surface area contributed by atoms with E-state index in [4.69, 9.17) is 0 Å². The summed E-state index contributed by atoms with van der Waals surface area (Å²) in [5.41, 5.74) is 9.33. The number of hydrazine groups is 2. The molecule has 0 saturated carbocycles. The number of anilines is 2. The van der Waals surface area contributed by atoms with Crippen LogP contribution in [0.25, 0.3) is 0 Å². The summed E-state index contributed by atoms with van der Waals surface area (Å²) in [4.78, 5) is 53.0. The van der Waals surface area contributed by atoms with Crippen molar-refractivity contribution in [3.05, 3.63) is 90.7 Å². The molecule has 15 heteroatoms. The minimum absolute atomic E-state index is 0.120. The molecule has 1 aromatic heterocycles. The Morgan fingerprint density at radius 2 is 1.50 bits per heavy atom. The summed E-state index contributed by atoms with van der Waals surface area (Å²) in [6.07, 6.45) is 0.835. The maximum absolute atomic E-state index is 12.3. The van der Waals surface area contributed by atoms with Crippen molar-refractivity contribution in [2.24, 2.45) is 0 Å². The first-order valence-electron chi connectivity index (χ1n) is 9.34. The van der Waals surface area contributed by atoms with Gasteiger partial charge in [0.05, 0.1) is 21.8 Å². The Morgan fingerprint density at radius 3 is 2.09 bits per heavy atom. The zero-order chi connectivity index (χ0) is 24.7. The second kappa shape index (κ2) is 10.8. The number of nitrogens with zero attached hydrogens (tertiary/aromatic N) is 4. The van der Waals surface area contributed by atoms with E-state index in [1.807, 2.05) is 0 Å². The van der Waals surface area contributed by atoms with Crippen LogP contribution in [0.3, 0.4) is 0 Å². The molecule has 4 N–H and O–H groups in total. The number of benzene rings is 2. The van der Waals surface area contributed by atoms with Crippen LogP contribution in [0.1, 0.15) is 15.9 Å². The molecule has 0 unspecified atom stereocenters. The van der Waals surface area contributed by atoms with Crippen molar-refractivity contribution in [1.82, 2.24) is 20.8 Å². The van der Waals surface area contributed by atoms with Crippen molar-refractivity contribution < 1.29 is 19.4 Å². The number of carbonyl (C=O) groups excluding carboxylic acids is 2. The summed E-state index contributed by atoms with van der Waals surface area (Å²) in [7, 11) is 0. The first-order valence-corrected chi connectivity index (χ1v) is 10.1. The van der Waals surface area contributed by atoms with Crippen LogP contribution in [0.5, 0.6) is 0 Å². The molecule has 3 aromatic rings. The van der Waals surface area contributed by atoms with Gasteiger partial charge >= 0.3 is 5.69 Å². The molecule has 0 aliphatic heterocycles. The Balaban J connectivity index is 1.66. The molecule has 34 heavy (non-hydrogen) atoms. The number of amides is 2. The molecule has 0 aliphatic carbocycles. The van der Waals surface area contributed by atoms with E-state index in [9.17, 15) is 29.8 Å². The van der Waals surface area contributed by atoms with E-state index in [-0.39, 0.29) is 29.3 Å². The molecule has 1 heterocycles. The van der Waals surface area contributed by atoms with E-state index in [1.165, 1.54) is 24.3 Å². The molecule has 2 aromatic carbocycles. The van der Waals surface area contributed by atoms with Gasteiger partial charge in [0.25, 0.3) is 11.6 Å². The van der Waals surface area contributed by atoms with Gasteiger partial charge < -0.3 is 0 Å². The van der Waals surface area contributed by atoms with Gasteiger partial charge in [0.2, 0.25) is 17.5 Å². The molecule has 0 aliphatic rings. The minimum Gasteiger partial charge on any atom is -0.276 e. The van der Waals surface area contributed by atoms with Gasteiger partial charge in [-0.15, -0.1) is 0 Å². The summed E-state index contributed by atoms with van der Waals surface area (Å²) in [6.45, 7) is 0. The van der Waals surface area contributed by atoms with Crippen LogP contribution < -0.4 is 21.7 Å². The fourth-order valence-electron chi connectivity index (χ4n) is 2.66. The second-order valence-electron chi connectivity index (χ2n) is 6.51. The third-order valence-electron chi connectivity index (χ3n) is 4.25. The number of aromatic nitrogens is 2. The lowest BCUT2D eigenvalue weighted by molar-refractivity contribution is -0.384. The summed E-state index contributed by atoms with van der Waals surface area (Å²) in [5, 5.41) is 22.3. The lowest BCUT2D eigenvalue weighted by Gasteiger charge is -2.12. The van der Waals surface area contributed by atoms with Crippen LogP contribution in [0.15, 0.2) is 59.3 Å². The Kier molecular flexibility index (Phi) is 7.60. The van der Waals surface area contributed by atoms with Crippen LogP contribution >= 0.6 is 15.9 Å². The Labute approximate surface area is 199 Å². The van der Waals surface area contributed by atoms with Crippen LogP contribution in [0.2, 0.25) is 0 Å². The van der Waals surface area contributed by atoms with E-state index < -0.39 is 27.3 Å². The molecule has 0 radical (unpaired) electrons. The molecule has 0 fully saturated rings. The van der Waals surface area contributed by atoms with E-state index in [2.05, 4.69) is 47.6 Å². The average molecular weight is 531 g/mol. The van der Waals surface area contributed by atoms with Crippen molar-refractivity contribution >= 4 is 50.8 Å². The van der Waals surface area contributed by atoms with Gasteiger partial charge in [-0.2, -0.15) is 0 Å². The first-order chi connectivity index (χ1) is 16.3. The zero-order valence-corrected chi connectivity index (χ0v) is 18.6. The quantitative estimate of drug-likeness (QED) is 0.235. The summed E-state index contributed by atoms with van der Waals surface area (Å²) in [6, 6.07) is 11.9. The van der Waals surface area contributed by atoms with Crippen LogP contribution in [-0.2, 0) is 11.2 Å². The number of halogens is 1. The number of nitro groups is 2. The van der Waals surface area contributed by atoms with Crippen molar-refractivity contribution in [1.29, 1.82) is 0 Å². The topological polar surface area (TPSA) is 194 Å². The Morgan fingerprint density at radius 1 is 0.882 bits per heavy atom. The standard InChI is InChI=1S/C19H15BrN8O6/c20-14-4-2-1-3-13(14)19(30)26-25-18-16(28(33)34)17(21-10-22-18)24-23-15(29)9-11-5-7-12(8-6-11)27(31)32/h1-8,10H,9H2,(H,23,29)(H,26,30)(H2,21,22,24,25). The third-order valence-corrected chi connectivity index (χ3v) is 4.94. The van der Waals surface area contributed by atoms with Crippen molar-refractivity contribution in [2.45, 2.75) is 6.42 Å². The van der Waals surface area contributed by atoms with Gasteiger partial charge in [-0.25, -0.2) is 9.97 Å². The summed E-state index contributed by atoms with van der Waals surface area (Å²) < 4.78 is 0.518. The smallest absolute Gasteiger partial charge is 0.276 e.